The second-order valence-electron chi connectivity index (χ2n) is 5.26. The average molecular weight is 256 g/mol. The molecule has 3 nitrogen and oxygen atoms in total. The van der Waals surface area contributed by atoms with Crippen LogP contribution < -0.4 is 10.5 Å². The maximum absolute atomic E-state index is 6.17. The molecule has 0 saturated heterocycles. The Bertz CT molecular complexity index is 574. The van der Waals surface area contributed by atoms with E-state index in [-0.39, 0.29) is 6.04 Å². The van der Waals surface area contributed by atoms with Gasteiger partial charge in [-0.1, -0.05) is 12.1 Å². The Morgan fingerprint density at radius 3 is 3.05 bits per heavy atom. The molecule has 0 aliphatic heterocycles. The first-order valence-electron chi connectivity index (χ1n) is 6.83. The maximum atomic E-state index is 6.17. The number of nitrogens with two attached hydrogens (primary N) is 1. The molecule has 0 radical (unpaired) electrons. The van der Waals surface area contributed by atoms with E-state index in [4.69, 9.17) is 10.5 Å². The minimum absolute atomic E-state index is 0.218. The van der Waals surface area contributed by atoms with E-state index in [9.17, 15) is 0 Å². The van der Waals surface area contributed by atoms with Crippen LogP contribution in [0.5, 0.6) is 5.75 Å². The highest BCUT2D eigenvalue weighted by atomic mass is 16.5. The molecule has 0 bridgehead atoms. The summed E-state index contributed by atoms with van der Waals surface area (Å²) in [4.78, 5) is 0. The van der Waals surface area contributed by atoms with Crippen LogP contribution in [0.25, 0.3) is 0 Å². The number of benzene rings is 1. The molecule has 1 unspecified atom stereocenters. The molecular formula is C16H20N2O. The minimum atomic E-state index is 0.218. The topological polar surface area (TPSA) is 40.2 Å². The van der Waals surface area contributed by atoms with Gasteiger partial charge in [0.25, 0.3) is 0 Å². The number of rotatable bonds is 3. The standard InChI is InChI=1S/C16H20N2O/c1-19-14-6-2-4-12(8-14)9-18-10-13-5-3-7-16(17)15(13)11-18/h2,4,6,8,10-11,16H,3,5,7,9,17H2,1H3. The summed E-state index contributed by atoms with van der Waals surface area (Å²) in [5.41, 5.74) is 10.2. The largest absolute Gasteiger partial charge is 0.497 e. The van der Waals surface area contributed by atoms with Gasteiger partial charge >= 0.3 is 0 Å². The molecule has 2 aromatic rings. The zero-order chi connectivity index (χ0) is 13.2. The Morgan fingerprint density at radius 2 is 2.26 bits per heavy atom. The van der Waals surface area contributed by atoms with E-state index in [1.807, 2.05) is 12.1 Å². The quantitative estimate of drug-likeness (QED) is 0.917. The molecule has 1 atom stereocenters. The second-order valence-corrected chi connectivity index (χ2v) is 5.26. The van der Waals surface area contributed by atoms with Crippen molar-refractivity contribution in [1.82, 2.24) is 4.57 Å². The highest BCUT2D eigenvalue weighted by molar-refractivity contribution is 5.32. The van der Waals surface area contributed by atoms with Crippen molar-refractivity contribution in [3.05, 3.63) is 53.3 Å². The molecule has 0 saturated carbocycles. The summed E-state index contributed by atoms with van der Waals surface area (Å²) in [5.74, 6) is 0.908. The van der Waals surface area contributed by atoms with Gasteiger partial charge in [0, 0.05) is 25.0 Å². The van der Waals surface area contributed by atoms with Crippen LogP contribution in [0.2, 0.25) is 0 Å². The van der Waals surface area contributed by atoms with Crippen LogP contribution in [0.15, 0.2) is 36.7 Å². The molecule has 3 heteroatoms. The number of aryl methyl sites for hydroxylation is 1. The van der Waals surface area contributed by atoms with E-state index in [1.165, 1.54) is 23.1 Å². The summed E-state index contributed by atoms with van der Waals surface area (Å²) in [5, 5.41) is 0. The van der Waals surface area contributed by atoms with Gasteiger partial charge in [0.05, 0.1) is 7.11 Å². The fourth-order valence-corrected chi connectivity index (χ4v) is 2.86. The van der Waals surface area contributed by atoms with Crippen molar-refractivity contribution in [2.45, 2.75) is 31.8 Å². The number of methoxy groups -OCH3 is 1. The first-order valence-corrected chi connectivity index (χ1v) is 6.83. The van der Waals surface area contributed by atoms with Crippen LogP contribution in [-0.4, -0.2) is 11.7 Å². The van der Waals surface area contributed by atoms with E-state index in [1.54, 1.807) is 7.11 Å². The SMILES string of the molecule is COc1cccc(Cn2cc3c(c2)C(N)CCC3)c1. The average Bonchev–Trinajstić information content (AvgIpc) is 2.83. The zero-order valence-corrected chi connectivity index (χ0v) is 11.3. The van der Waals surface area contributed by atoms with E-state index >= 15 is 0 Å². The Kier molecular flexibility index (Phi) is 3.30. The Labute approximate surface area is 114 Å². The van der Waals surface area contributed by atoms with Gasteiger partial charge in [-0.25, -0.2) is 0 Å². The molecule has 3 rings (SSSR count). The lowest BCUT2D eigenvalue weighted by Gasteiger charge is -2.17. The summed E-state index contributed by atoms with van der Waals surface area (Å²) in [6, 6.07) is 8.43. The summed E-state index contributed by atoms with van der Waals surface area (Å²) < 4.78 is 7.50. The predicted octanol–water partition coefficient (Wildman–Crippen LogP) is 2.88. The van der Waals surface area contributed by atoms with Crippen LogP contribution in [0.1, 0.15) is 35.6 Å². The Balaban J connectivity index is 1.83. The molecular weight excluding hydrogens is 236 g/mol. The monoisotopic (exact) mass is 256 g/mol. The third kappa shape index (κ3) is 2.51. The number of ether oxygens (including phenoxy) is 1. The van der Waals surface area contributed by atoms with Crippen molar-refractivity contribution in [2.75, 3.05) is 7.11 Å². The van der Waals surface area contributed by atoms with Gasteiger partial charge in [-0.05, 0) is 48.1 Å². The summed E-state index contributed by atoms with van der Waals surface area (Å²) >= 11 is 0. The van der Waals surface area contributed by atoms with Gasteiger partial charge in [0.2, 0.25) is 0 Å². The van der Waals surface area contributed by atoms with Crippen LogP contribution in [-0.2, 0) is 13.0 Å². The maximum Gasteiger partial charge on any atom is 0.119 e. The molecule has 0 fully saturated rings. The fraction of sp³-hybridized carbons (Fsp3) is 0.375. The van der Waals surface area contributed by atoms with Crippen LogP contribution >= 0.6 is 0 Å². The van der Waals surface area contributed by atoms with Gasteiger partial charge in [0.15, 0.2) is 0 Å². The fourth-order valence-electron chi connectivity index (χ4n) is 2.86. The minimum Gasteiger partial charge on any atom is -0.497 e. The molecule has 1 aliphatic carbocycles. The van der Waals surface area contributed by atoms with E-state index in [2.05, 4.69) is 29.1 Å². The zero-order valence-electron chi connectivity index (χ0n) is 11.3. The van der Waals surface area contributed by atoms with Crippen molar-refractivity contribution < 1.29 is 4.74 Å². The normalized spacial score (nSPS) is 18.1. The highest BCUT2D eigenvalue weighted by Crippen LogP contribution is 2.29. The first kappa shape index (κ1) is 12.3. The first-order chi connectivity index (χ1) is 9.26. The van der Waals surface area contributed by atoms with Gasteiger partial charge in [0.1, 0.15) is 5.75 Å². The van der Waals surface area contributed by atoms with E-state index < -0.39 is 0 Å². The summed E-state index contributed by atoms with van der Waals surface area (Å²) in [7, 11) is 1.70. The lowest BCUT2D eigenvalue weighted by Crippen LogP contribution is -2.15. The van der Waals surface area contributed by atoms with Crippen LogP contribution in [0.3, 0.4) is 0 Å². The van der Waals surface area contributed by atoms with Crippen molar-refractivity contribution in [1.29, 1.82) is 0 Å². The number of hydrogen-bond acceptors (Lipinski definition) is 2. The molecule has 1 aliphatic rings. The molecule has 0 amide bonds. The lowest BCUT2D eigenvalue weighted by atomic mass is 9.92. The number of hydrogen-bond donors (Lipinski definition) is 1. The van der Waals surface area contributed by atoms with Crippen LogP contribution in [0, 0.1) is 0 Å². The summed E-state index contributed by atoms with van der Waals surface area (Å²) in [6.07, 6.45) is 7.92. The molecule has 1 heterocycles. The van der Waals surface area contributed by atoms with Gasteiger partial charge in [-0.15, -0.1) is 0 Å². The molecule has 1 aromatic carbocycles. The van der Waals surface area contributed by atoms with Gasteiger partial charge in [-0.3, -0.25) is 0 Å². The van der Waals surface area contributed by atoms with Crippen molar-refractivity contribution >= 4 is 0 Å². The smallest absolute Gasteiger partial charge is 0.119 e. The van der Waals surface area contributed by atoms with Crippen molar-refractivity contribution in [3.8, 4) is 5.75 Å². The molecule has 19 heavy (non-hydrogen) atoms. The van der Waals surface area contributed by atoms with Crippen LogP contribution in [0.4, 0.5) is 0 Å². The Morgan fingerprint density at radius 1 is 1.37 bits per heavy atom. The second kappa shape index (κ2) is 5.10. The third-order valence-corrected chi connectivity index (χ3v) is 3.86. The van der Waals surface area contributed by atoms with Crippen molar-refractivity contribution in [3.63, 3.8) is 0 Å². The Hall–Kier alpha value is -1.74. The molecule has 100 valence electrons. The molecule has 1 aromatic heterocycles. The number of aromatic nitrogens is 1. The molecule has 2 N–H and O–H groups in total. The lowest BCUT2D eigenvalue weighted by molar-refractivity contribution is 0.414. The third-order valence-electron chi connectivity index (χ3n) is 3.86. The number of fused-ring (bicyclic) bond motifs is 1. The van der Waals surface area contributed by atoms with Crippen molar-refractivity contribution in [2.24, 2.45) is 5.73 Å². The van der Waals surface area contributed by atoms with Gasteiger partial charge < -0.3 is 15.0 Å². The van der Waals surface area contributed by atoms with E-state index in [0.29, 0.717) is 0 Å². The van der Waals surface area contributed by atoms with Gasteiger partial charge in [-0.2, -0.15) is 0 Å². The predicted molar refractivity (Wildman–Crippen MR) is 76.4 cm³/mol. The highest BCUT2D eigenvalue weighted by Gasteiger charge is 2.18. The summed E-state index contributed by atoms with van der Waals surface area (Å²) in [6.45, 7) is 0.872. The number of nitrogens with zero attached hydrogens (tertiary/aromatic N) is 1. The van der Waals surface area contributed by atoms with E-state index in [0.717, 1.165) is 25.1 Å². The molecule has 0 spiro atoms.